The second-order valence-corrected chi connectivity index (χ2v) is 8.56. The summed E-state index contributed by atoms with van der Waals surface area (Å²) in [6, 6.07) is 10.6. The van der Waals surface area contributed by atoms with Crippen LogP contribution in [0, 0.1) is 5.92 Å². The van der Waals surface area contributed by atoms with Crippen LogP contribution in [0.3, 0.4) is 0 Å². The standard InChI is InChI=1S/C24H37N3O/c1-3-21(2)18-26-13-7-10-23(20-26)11-12-24(28)27-16-14-25(15-17-27)19-22-8-5-4-6-9-22/h3-6,8-9,23H,7,10-20H2,1-2H3/b21-3+. The first-order valence-electron chi connectivity index (χ1n) is 11.0. The molecule has 0 saturated carbocycles. The van der Waals surface area contributed by atoms with Crippen molar-refractivity contribution in [2.45, 2.75) is 46.1 Å². The molecule has 0 N–H and O–H groups in total. The highest BCUT2D eigenvalue weighted by molar-refractivity contribution is 5.76. The number of hydrogen-bond donors (Lipinski definition) is 0. The zero-order chi connectivity index (χ0) is 19.8. The van der Waals surface area contributed by atoms with Crippen molar-refractivity contribution in [3.8, 4) is 0 Å². The Hall–Kier alpha value is -1.65. The lowest BCUT2D eigenvalue weighted by molar-refractivity contribution is -0.133. The first-order valence-corrected chi connectivity index (χ1v) is 11.0. The van der Waals surface area contributed by atoms with Crippen LogP contribution in [0.5, 0.6) is 0 Å². The molecule has 2 aliphatic heterocycles. The van der Waals surface area contributed by atoms with E-state index < -0.39 is 0 Å². The van der Waals surface area contributed by atoms with Crippen molar-refractivity contribution in [3.05, 3.63) is 47.5 Å². The highest BCUT2D eigenvalue weighted by atomic mass is 16.2. The number of carbonyl (C=O) groups excluding carboxylic acids is 1. The summed E-state index contributed by atoms with van der Waals surface area (Å²) in [5.74, 6) is 1.04. The Balaban J connectivity index is 1.36. The van der Waals surface area contributed by atoms with Crippen LogP contribution in [-0.4, -0.2) is 66.4 Å². The average Bonchev–Trinajstić information content (AvgIpc) is 2.73. The predicted molar refractivity (Wildman–Crippen MR) is 116 cm³/mol. The Morgan fingerprint density at radius 2 is 1.82 bits per heavy atom. The molecule has 0 bridgehead atoms. The zero-order valence-electron chi connectivity index (χ0n) is 17.8. The molecule has 0 aromatic heterocycles. The number of nitrogens with zero attached hydrogens (tertiary/aromatic N) is 3. The van der Waals surface area contributed by atoms with Gasteiger partial charge in [-0.3, -0.25) is 14.6 Å². The van der Waals surface area contributed by atoms with Crippen LogP contribution in [0.1, 0.15) is 45.1 Å². The van der Waals surface area contributed by atoms with Gasteiger partial charge in [0.25, 0.3) is 0 Å². The van der Waals surface area contributed by atoms with E-state index in [0.717, 1.165) is 58.7 Å². The lowest BCUT2D eigenvalue weighted by Gasteiger charge is -2.36. The normalized spacial score (nSPS) is 22.4. The molecule has 4 nitrogen and oxygen atoms in total. The maximum atomic E-state index is 12.7. The van der Waals surface area contributed by atoms with Crippen LogP contribution >= 0.6 is 0 Å². The highest BCUT2D eigenvalue weighted by Gasteiger charge is 2.24. The summed E-state index contributed by atoms with van der Waals surface area (Å²) in [7, 11) is 0. The van der Waals surface area contributed by atoms with Crippen LogP contribution in [0.15, 0.2) is 42.0 Å². The fourth-order valence-corrected chi connectivity index (χ4v) is 4.46. The Morgan fingerprint density at radius 1 is 1.07 bits per heavy atom. The molecule has 1 aromatic rings. The van der Waals surface area contributed by atoms with E-state index in [4.69, 9.17) is 0 Å². The smallest absolute Gasteiger partial charge is 0.222 e. The van der Waals surface area contributed by atoms with Crippen LogP contribution < -0.4 is 0 Å². The van der Waals surface area contributed by atoms with Gasteiger partial charge in [0.1, 0.15) is 0 Å². The maximum absolute atomic E-state index is 12.7. The highest BCUT2D eigenvalue weighted by Crippen LogP contribution is 2.22. The lowest BCUT2D eigenvalue weighted by atomic mass is 9.93. The van der Waals surface area contributed by atoms with E-state index in [9.17, 15) is 4.79 Å². The van der Waals surface area contributed by atoms with Gasteiger partial charge in [0.05, 0.1) is 0 Å². The van der Waals surface area contributed by atoms with Crippen LogP contribution in [0.4, 0.5) is 0 Å². The van der Waals surface area contributed by atoms with Crippen molar-refractivity contribution >= 4 is 5.91 Å². The summed E-state index contributed by atoms with van der Waals surface area (Å²) in [6.07, 6.45) is 6.54. The first-order chi connectivity index (χ1) is 13.6. The molecule has 0 aliphatic carbocycles. The van der Waals surface area contributed by atoms with E-state index in [1.807, 2.05) is 0 Å². The molecular weight excluding hydrogens is 346 g/mol. The molecule has 4 heteroatoms. The van der Waals surface area contributed by atoms with Gasteiger partial charge in [-0.25, -0.2) is 0 Å². The third-order valence-electron chi connectivity index (χ3n) is 6.31. The second-order valence-electron chi connectivity index (χ2n) is 8.56. The van der Waals surface area contributed by atoms with Crippen molar-refractivity contribution < 1.29 is 4.79 Å². The molecule has 1 amide bonds. The summed E-state index contributed by atoms with van der Waals surface area (Å²) in [5, 5.41) is 0. The zero-order valence-corrected chi connectivity index (χ0v) is 17.8. The Morgan fingerprint density at radius 3 is 2.54 bits per heavy atom. The fourth-order valence-electron chi connectivity index (χ4n) is 4.46. The Bertz CT molecular complexity index is 635. The molecule has 0 spiro atoms. The van der Waals surface area contributed by atoms with Gasteiger partial charge in [0.15, 0.2) is 0 Å². The van der Waals surface area contributed by atoms with Gasteiger partial charge >= 0.3 is 0 Å². The third kappa shape index (κ3) is 6.46. The van der Waals surface area contributed by atoms with E-state index in [0.29, 0.717) is 11.8 Å². The van der Waals surface area contributed by atoms with Crippen molar-refractivity contribution in [1.82, 2.24) is 14.7 Å². The topological polar surface area (TPSA) is 26.8 Å². The van der Waals surface area contributed by atoms with E-state index in [1.54, 1.807) is 0 Å². The molecule has 1 aromatic carbocycles. The molecule has 0 radical (unpaired) electrons. The van der Waals surface area contributed by atoms with E-state index in [1.165, 1.54) is 30.5 Å². The second kappa shape index (κ2) is 10.8. The number of amides is 1. The SMILES string of the molecule is C/C=C(\C)CN1CCCC(CCC(=O)N2CCN(Cc3ccccc3)CC2)C1. The van der Waals surface area contributed by atoms with Crippen molar-refractivity contribution in [3.63, 3.8) is 0 Å². The Kier molecular flexibility index (Phi) is 8.11. The maximum Gasteiger partial charge on any atom is 0.222 e. The Labute approximate surface area is 171 Å². The molecule has 2 heterocycles. The van der Waals surface area contributed by atoms with Crippen molar-refractivity contribution in [1.29, 1.82) is 0 Å². The van der Waals surface area contributed by atoms with Crippen molar-refractivity contribution in [2.24, 2.45) is 5.92 Å². The molecule has 3 rings (SSSR count). The predicted octanol–water partition coefficient (Wildman–Crippen LogP) is 3.79. The average molecular weight is 384 g/mol. The van der Waals surface area contributed by atoms with E-state index in [2.05, 4.69) is 65.0 Å². The van der Waals surface area contributed by atoms with Gasteiger partial charge in [-0.05, 0) is 51.1 Å². The van der Waals surface area contributed by atoms with Gasteiger partial charge in [-0.1, -0.05) is 42.0 Å². The number of benzene rings is 1. The van der Waals surface area contributed by atoms with Crippen LogP contribution in [0.25, 0.3) is 0 Å². The summed E-state index contributed by atoms with van der Waals surface area (Å²) in [6.45, 7) is 12.5. The summed E-state index contributed by atoms with van der Waals surface area (Å²) >= 11 is 0. The first kappa shape index (κ1) is 21.1. The molecule has 2 fully saturated rings. The van der Waals surface area contributed by atoms with Crippen LogP contribution in [-0.2, 0) is 11.3 Å². The van der Waals surface area contributed by atoms with Gasteiger partial charge in [-0.15, -0.1) is 0 Å². The van der Waals surface area contributed by atoms with Crippen molar-refractivity contribution in [2.75, 3.05) is 45.8 Å². The summed E-state index contributed by atoms with van der Waals surface area (Å²) < 4.78 is 0. The van der Waals surface area contributed by atoms with Crippen LogP contribution in [0.2, 0.25) is 0 Å². The minimum absolute atomic E-state index is 0.362. The molecule has 28 heavy (non-hydrogen) atoms. The van der Waals surface area contributed by atoms with Gasteiger partial charge < -0.3 is 4.90 Å². The monoisotopic (exact) mass is 383 g/mol. The van der Waals surface area contributed by atoms with Gasteiger partial charge in [0, 0.05) is 52.2 Å². The quantitative estimate of drug-likeness (QED) is 0.670. The number of likely N-dealkylation sites (tertiary alicyclic amines) is 1. The number of piperidine rings is 1. The number of piperazine rings is 1. The summed E-state index contributed by atoms with van der Waals surface area (Å²) in [5.41, 5.74) is 2.81. The fraction of sp³-hybridized carbons (Fsp3) is 0.625. The molecular formula is C24H37N3O. The summed E-state index contributed by atoms with van der Waals surface area (Å²) in [4.78, 5) is 19.8. The molecule has 1 unspecified atom stereocenters. The third-order valence-corrected chi connectivity index (χ3v) is 6.31. The molecule has 1 atom stereocenters. The lowest BCUT2D eigenvalue weighted by Crippen LogP contribution is -2.48. The van der Waals surface area contributed by atoms with Gasteiger partial charge in [0.2, 0.25) is 5.91 Å². The largest absolute Gasteiger partial charge is 0.340 e. The number of rotatable bonds is 7. The van der Waals surface area contributed by atoms with E-state index in [-0.39, 0.29) is 0 Å². The minimum atomic E-state index is 0.362. The molecule has 154 valence electrons. The minimum Gasteiger partial charge on any atom is -0.340 e. The number of carbonyl (C=O) groups is 1. The molecule has 2 saturated heterocycles. The number of hydrogen-bond acceptors (Lipinski definition) is 3. The van der Waals surface area contributed by atoms with Gasteiger partial charge in [-0.2, -0.15) is 0 Å². The number of allylic oxidation sites excluding steroid dienone is 1. The van der Waals surface area contributed by atoms with E-state index >= 15 is 0 Å². The molecule has 2 aliphatic rings.